The molecule has 2 aromatic rings. The van der Waals surface area contributed by atoms with Crippen molar-refractivity contribution >= 4 is 10.9 Å². The molecule has 3 nitrogen and oxygen atoms in total. The van der Waals surface area contributed by atoms with Crippen LogP contribution in [0, 0.1) is 11.3 Å². The van der Waals surface area contributed by atoms with Crippen molar-refractivity contribution in [2.75, 3.05) is 0 Å². The van der Waals surface area contributed by atoms with E-state index in [2.05, 4.69) is 6.07 Å². The van der Waals surface area contributed by atoms with Crippen molar-refractivity contribution in [3.8, 4) is 6.07 Å². The van der Waals surface area contributed by atoms with Crippen molar-refractivity contribution in [1.82, 2.24) is 4.57 Å². The number of fused-ring (bicyclic) bond motifs is 1. The van der Waals surface area contributed by atoms with Gasteiger partial charge >= 0.3 is 0 Å². The predicted molar refractivity (Wildman–Crippen MR) is 60.2 cm³/mol. The van der Waals surface area contributed by atoms with Crippen LogP contribution >= 0.6 is 0 Å². The Kier molecular flexibility index (Phi) is 2.44. The first-order valence-electron chi connectivity index (χ1n) is 4.96. The molecule has 1 aromatic carbocycles. The number of nitrogens with two attached hydrogens (primary N) is 1. The second-order valence-electron chi connectivity index (χ2n) is 3.58. The van der Waals surface area contributed by atoms with Crippen LogP contribution in [0.5, 0.6) is 0 Å². The van der Waals surface area contributed by atoms with E-state index >= 15 is 0 Å². The summed E-state index contributed by atoms with van der Waals surface area (Å²) in [6.07, 6.45) is 1.94. The fraction of sp³-hybridized carbons (Fsp3) is 0.250. The molecule has 0 aliphatic heterocycles. The maximum Gasteiger partial charge on any atom is 0.118 e. The molecule has 0 aliphatic rings. The van der Waals surface area contributed by atoms with E-state index in [-0.39, 0.29) is 6.04 Å². The van der Waals surface area contributed by atoms with Gasteiger partial charge in [-0.15, -0.1) is 0 Å². The minimum atomic E-state index is -0.143. The zero-order chi connectivity index (χ0) is 10.8. The van der Waals surface area contributed by atoms with Crippen molar-refractivity contribution in [2.24, 2.45) is 5.73 Å². The summed E-state index contributed by atoms with van der Waals surface area (Å²) < 4.78 is 1.97. The van der Waals surface area contributed by atoms with Crippen LogP contribution in [0.2, 0.25) is 0 Å². The Labute approximate surface area is 88.7 Å². The van der Waals surface area contributed by atoms with E-state index in [1.54, 1.807) is 0 Å². The van der Waals surface area contributed by atoms with Gasteiger partial charge < -0.3 is 10.3 Å². The predicted octanol–water partition coefficient (Wildman–Crippen LogP) is 2.18. The fourth-order valence-corrected chi connectivity index (χ4v) is 1.83. The van der Waals surface area contributed by atoms with Crippen molar-refractivity contribution in [1.29, 1.82) is 5.26 Å². The van der Waals surface area contributed by atoms with Crippen LogP contribution in [0.15, 0.2) is 30.5 Å². The largest absolute Gasteiger partial charge is 0.331 e. The van der Waals surface area contributed by atoms with E-state index in [1.807, 2.05) is 42.0 Å². The standard InChI is InChI=1S/C12H13N3/c1-9(7-13)15-6-5-11-10(8-14)3-2-4-12(11)15/h2-6,9H,8,14H2,1H3. The molecule has 76 valence electrons. The third kappa shape index (κ3) is 1.49. The molecule has 1 heterocycles. The lowest BCUT2D eigenvalue weighted by Gasteiger charge is -2.07. The number of nitrogens with zero attached hydrogens (tertiary/aromatic N) is 2. The highest BCUT2D eigenvalue weighted by atomic mass is 15.0. The van der Waals surface area contributed by atoms with Gasteiger partial charge in [-0.05, 0) is 24.6 Å². The Balaban J connectivity index is 2.67. The van der Waals surface area contributed by atoms with Gasteiger partial charge in [-0.2, -0.15) is 5.26 Å². The molecule has 1 atom stereocenters. The molecule has 1 unspecified atom stereocenters. The summed E-state index contributed by atoms with van der Waals surface area (Å²) in [5.74, 6) is 0. The monoisotopic (exact) mass is 199 g/mol. The maximum atomic E-state index is 8.90. The molecule has 0 spiro atoms. The highest BCUT2D eigenvalue weighted by Gasteiger charge is 2.08. The average Bonchev–Trinajstić information content (AvgIpc) is 2.71. The van der Waals surface area contributed by atoms with Gasteiger partial charge in [0.1, 0.15) is 6.04 Å². The first-order valence-corrected chi connectivity index (χ1v) is 4.96. The minimum absolute atomic E-state index is 0.143. The molecule has 0 fully saturated rings. The second kappa shape index (κ2) is 3.76. The second-order valence-corrected chi connectivity index (χ2v) is 3.58. The smallest absolute Gasteiger partial charge is 0.118 e. The van der Waals surface area contributed by atoms with Crippen LogP contribution in [-0.2, 0) is 6.54 Å². The Morgan fingerprint density at radius 3 is 2.93 bits per heavy atom. The fourth-order valence-electron chi connectivity index (χ4n) is 1.83. The summed E-state index contributed by atoms with van der Waals surface area (Å²) in [5.41, 5.74) is 7.86. The van der Waals surface area contributed by atoms with E-state index in [1.165, 1.54) is 0 Å². The lowest BCUT2D eigenvalue weighted by Crippen LogP contribution is -2.01. The molecular weight excluding hydrogens is 186 g/mol. The molecule has 3 heteroatoms. The Hall–Kier alpha value is -1.79. The molecule has 0 bridgehead atoms. The summed E-state index contributed by atoms with van der Waals surface area (Å²) in [6.45, 7) is 2.41. The molecular formula is C12H13N3. The van der Waals surface area contributed by atoms with Crippen molar-refractivity contribution in [2.45, 2.75) is 19.5 Å². The first kappa shape index (κ1) is 9.75. The molecule has 0 amide bonds. The van der Waals surface area contributed by atoms with Crippen LogP contribution < -0.4 is 5.73 Å². The third-order valence-electron chi connectivity index (χ3n) is 2.68. The Morgan fingerprint density at radius 2 is 2.27 bits per heavy atom. The van der Waals surface area contributed by atoms with Crippen LogP contribution in [0.25, 0.3) is 10.9 Å². The lowest BCUT2D eigenvalue weighted by molar-refractivity contribution is 0.700. The van der Waals surface area contributed by atoms with E-state index in [0.717, 1.165) is 16.5 Å². The lowest BCUT2D eigenvalue weighted by atomic mass is 10.1. The molecule has 0 saturated carbocycles. The number of nitriles is 1. The van der Waals surface area contributed by atoms with E-state index in [9.17, 15) is 0 Å². The summed E-state index contributed by atoms with van der Waals surface area (Å²) in [7, 11) is 0. The van der Waals surface area contributed by atoms with Crippen LogP contribution in [-0.4, -0.2) is 4.57 Å². The highest BCUT2D eigenvalue weighted by molar-refractivity contribution is 5.83. The molecule has 0 radical (unpaired) electrons. The zero-order valence-corrected chi connectivity index (χ0v) is 8.64. The molecule has 2 N–H and O–H groups in total. The van der Waals surface area contributed by atoms with Gasteiger partial charge in [0.2, 0.25) is 0 Å². The summed E-state index contributed by atoms with van der Waals surface area (Å²) in [5, 5.41) is 10.0. The quantitative estimate of drug-likeness (QED) is 0.806. The molecule has 0 aliphatic carbocycles. The summed E-state index contributed by atoms with van der Waals surface area (Å²) in [4.78, 5) is 0. The molecule has 2 rings (SSSR count). The van der Waals surface area contributed by atoms with Gasteiger partial charge in [-0.25, -0.2) is 0 Å². The topological polar surface area (TPSA) is 54.7 Å². The maximum absolute atomic E-state index is 8.90. The van der Waals surface area contributed by atoms with Gasteiger partial charge in [0, 0.05) is 23.6 Å². The summed E-state index contributed by atoms with van der Waals surface area (Å²) >= 11 is 0. The van der Waals surface area contributed by atoms with Crippen LogP contribution in [0.1, 0.15) is 18.5 Å². The van der Waals surface area contributed by atoms with E-state index in [0.29, 0.717) is 6.54 Å². The Morgan fingerprint density at radius 1 is 1.47 bits per heavy atom. The highest BCUT2D eigenvalue weighted by Crippen LogP contribution is 2.22. The number of benzene rings is 1. The van der Waals surface area contributed by atoms with Gasteiger partial charge in [0.25, 0.3) is 0 Å². The SMILES string of the molecule is CC(C#N)n1ccc2c(CN)cccc21. The minimum Gasteiger partial charge on any atom is -0.331 e. The van der Waals surface area contributed by atoms with E-state index < -0.39 is 0 Å². The molecule has 15 heavy (non-hydrogen) atoms. The van der Waals surface area contributed by atoms with Gasteiger partial charge in [0.05, 0.1) is 6.07 Å². The molecule has 1 aromatic heterocycles. The van der Waals surface area contributed by atoms with Gasteiger partial charge in [-0.1, -0.05) is 12.1 Å². The third-order valence-corrected chi connectivity index (χ3v) is 2.68. The van der Waals surface area contributed by atoms with Gasteiger partial charge in [-0.3, -0.25) is 0 Å². The zero-order valence-electron chi connectivity index (χ0n) is 8.64. The average molecular weight is 199 g/mol. The number of hydrogen-bond acceptors (Lipinski definition) is 2. The van der Waals surface area contributed by atoms with Crippen LogP contribution in [0.4, 0.5) is 0 Å². The van der Waals surface area contributed by atoms with Crippen molar-refractivity contribution in [3.05, 3.63) is 36.0 Å². The number of aromatic nitrogens is 1. The molecule has 0 saturated heterocycles. The first-order chi connectivity index (χ1) is 7.27. The van der Waals surface area contributed by atoms with Crippen LogP contribution in [0.3, 0.4) is 0 Å². The number of rotatable bonds is 2. The Bertz CT molecular complexity index is 519. The summed E-state index contributed by atoms with van der Waals surface area (Å²) in [6, 6.07) is 10.1. The van der Waals surface area contributed by atoms with Crippen molar-refractivity contribution < 1.29 is 0 Å². The number of hydrogen-bond donors (Lipinski definition) is 1. The normalized spacial score (nSPS) is 12.6. The van der Waals surface area contributed by atoms with E-state index in [4.69, 9.17) is 11.0 Å². The van der Waals surface area contributed by atoms with Gasteiger partial charge in [0.15, 0.2) is 0 Å². The van der Waals surface area contributed by atoms with Crippen molar-refractivity contribution in [3.63, 3.8) is 0 Å².